The van der Waals surface area contributed by atoms with Crippen LogP contribution in [0.5, 0.6) is 0 Å². The summed E-state index contributed by atoms with van der Waals surface area (Å²) >= 11 is -0.472. The van der Waals surface area contributed by atoms with E-state index in [1.165, 1.54) is 26.4 Å². The first-order chi connectivity index (χ1) is 4.24. The van der Waals surface area contributed by atoms with Gasteiger partial charge in [0.1, 0.15) is 0 Å². The molecule has 0 bridgehead atoms. The van der Waals surface area contributed by atoms with E-state index >= 15 is 0 Å². The average molecular weight is 352 g/mol. The fraction of sp³-hybridized carbons (Fsp3) is 0.500. The predicted octanol–water partition coefficient (Wildman–Crippen LogP) is 1.61. The molecule has 0 saturated carbocycles. The molecule has 58 valence electrons. The molecule has 0 radical (unpaired) electrons. The number of carbonyl (C=O) groups excluding carboxylic acids is 2. The molecule has 0 unspecified atom stereocenters. The Bertz CT molecular complexity index is 45.8. The number of halogens is 2. The quantitative estimate of drug-likeness (QED) is 0.621. The van der Waals surface area contributed by atoms with E-state index in [9.17, 15) is 0 Å². The van der Waals surface area contributed by atoms with Crippen molar-refractivity contribution in [3.05, 3.63) is 0 Å². The molecule has 0 rings (SSSR count). The second-order valence-corrected chi connectivity index (χ2v) is 3.74. The monoisotopic (exact) mass is 351 g/mol. The molecule has 0 fully saturated rings. The van der Waals surface area contributed by atoms with Crippen LogP contribution in [0.3, 0.4) is 0 Å². The van der Waals surface area contributed by atoms with Crippen molar-refractivity contribution in [2.75, 3.05) is 0 Å². The molecule has 0 aromatic carbocycles. The predicted molar refractivity (Wildman–Crippen MR) is 34.4 cm³/mol. The Kier molecular flexibility index (Phi) is 69.3. The van der Waals surface area contributed by atoms with Crippen LogP contribution in [-0.2, 0) is 26.1 Å². The fourth-order valence-corrected chi connectivity index (χ4v) is 0. The van der Waals surface area contributed by atoms with Crippen molar-refractivity contribution in [3.63, 3.8) is 0 Å². The molecule has 0 heterocycles. The van der Waals surface area contributed by atoms with Gasteiger partial charge in [-0.2, -0.15) is 13.8 Å². The Morgan fingerprint density at radius 3 is 1.11 bits per heavy atom. The Morgan fingerprint density at radius 2 is 1.11 bits per heavy atom. The summed E-state index contributed by atoms with van der Waals surface area (Å²) in [6, 6.07) is 0. The molecule has 0 aliphatic heterocycles. The van der Waals surface area contributed by atoms with E-state index < -0.39 is 16.5 Å². The van der Waals surface area contributed by atoms with Crippen LogP contribution >= 0.6 is 18.8 Å². The molecule has 0 amide bonds. The zero-order valence-electron chi connectivity index (χ0n) is 4.89. The van der Waals surface area contributed by atoms with Gasteiger partial charge in [0, 0.05) is 0 Å². The Hall–Kier alpha value is 0.608. The van der Waals surface area contributed by atoms with E-state index in [1.54, 1.807) is 0 Å². The van der Waals surface area contributed by atoms with Gasteiger partial charge in [0.15, 0.2) is 0 Å². The van der Waals surface area contributed by atoms with Gasteiger partial charge in [-0.15, -0.1) is 0 Å². The second kappa shape index (κ2) is 38.3. The van der Waals surface area contributed by atoms with Crippen molar-refractivity contribution < 1.29 is 26.1 Å². The summed E-state index contributed by atoms with van der Waals surface area (Å²) in [6.45, 7) is 2.64. The van der Waals surface area contributed by atoms with Crippen molar-refractivity contribution in [2.45, 2.75) is 13.8 Å². The maximum absolute atomic E-state index is 8.68. The topological polar surface area (TPSA) is 34.1 Å². The third-order valence-electron chi connectivity index (χ3n) is 0. The summed E-state index contributed by atoms with van der Waals surface area (Å²) in [4.78, 5) is 17.4. The van der Waals surface area contributed by atoms with Crippen molar-refractivity contribution in [2.24, 2.45) is 0 Å². The molecular weight excluding hydrogens is 346 g/mol. The van der Waals surface area contributed by atoms with Crippen LogP contribution in [0.1, 0.15) is 13.8 Å². The molecule has 0 N–H and O–H groups in total. The van der Waals surface area contributed by atoms with Crippen LogP contribution in [0, 0.1) is 0 Å². The average Bonchev–Trinajstić information content (AvgIpc) is 1.70. The van der Waals surface area contributed by atoms with Crippen LogP contribution < -0.4 is 0 Å². The minimum atomic E-state index is -0.472. The summed E-state index contributed by atoms with van der Waals surface area (Å²) in [6.07, 6.45) is 3.00. The van der Waals surface area contributed by atoms with Gasteiger partial charge in [-0.05, 0) is 0 Å². The van der Waals surface area contributed by atoms with E-state index in [-0.39, 0.29) is 0 Å². The summed E-state index contributed by atoms with van der Waals surface area (Å²) in [5, 5.41) is 0. The van der Waals surface area contributed by atoms with Crippen LogP contribution in [0.25, 0.3) is 0 Å². The van der Waals surface area contributed by atoms with E-state index in [2.05, 4.69) is 0 Å². The van der Waals surface area contributed by atoms with Crippen molar-refractivity contribution in [1.29, 1.82) is 0 Å². The molecule has 9 heavy (non-hydrogen) atoms. The van der Waals surface area contributed by atoms with Gasteiger partial charge in [-0.25, -0.2) is 0 Å². The van der Waals surface area contributed by atoms with Crippen LogP contribution in [0.15, 0.2) is 0 Å². The Labute approximate surface area is 71.3 Å². The van der Waals surface area contributed by atoms with Crippen molar-refractivity contribution >= 4 is 31.4 Å². The van der Waals surface area contributed by atoms with Crippen molar-refractivity contribution in [3.8, 4) is 0 Å². The van der Waals surface area contributed by atoms with Crippen LogP contribution in [-0.4, -0.2) is 12.6 Å². The van der Waals surface area contributed by atoms with Gasteiger partial charge in [-0.1, -0.05) is 0 Å². The number of hydrogen-bond donors (Lipinski definition) is 0. The van der Waals surface area contributed by atoms with E-state index in [0.717, 1.165) is 0 Å². The molecular formula is C4H6Cl2O2Pt. The fourth-order valence-electron chi connectivity index (χ4n) is 0. The van der Waals surface area contributed by atoms with Crippen molar-refractivity contribution in [1.82, 2.24) is 0 Å². The molecule has 0 aliphatic carbocycles. The van der Waals surface area contributed by atoms with Gasteiger partial charge < -0.3 is 9.59 Å². The molecule has 0 atom stereocenters. The molecule has 0 saturated heterocycles. The zero-order chi connectivity index (χ0) is 8.12. The molecule has 5 heteroatoms. The second-order valence-electron chi connectivity index (χ2n) is 0.453. The third-order valence-corrected chi connectivity index (χ3v) is 0. The molecule has 2 nitrogen and oxygen atoms in total. The number of rotatable bonds is 0. The van der Waals surface area contributed by atoms with E-state index in [1.807, 2.05) is 0 Å². The van der Waals surface area contributed by atoms with Gasteiger partial charge in [0.25, 0.3) is 0 Å². The standard InChI is InChI=1S/2C2H3O.2ClH.Pt/c2*1-2-3;;;/h2*1H3;2*1H;/q2*-1;;;+4/p-2. The maximum atomic E-state index is 8.68. The van der Waals surface area contributed by atoms with E-state index in [4.69, 9.17) is 28.4 Å². The summed E-state index contributed by atoms with van der Waals surface area (Å²) in [5.41, 5.74) is 0. The summed E-state index contributed by atoms with van der Waals surface area (Å²) < 4.78 is 0. The van der Waals surface area contributed by atoms with Gasteiger partial charge >= 0.3 is 35.3 Å². The molecule has 0 aromatic heterocycles. The Morgan fingerprint density at radius 1 is 1.11 bits per heavy atom. The SMILES string of the molecule is C[C-]=O.C[C-]=O.[Cl][Pt+2][Cl]. The van der Waals surface area contributed by atoms with E-state index in [0.29, 0.717) is 0 Å². The van der Waals surface area contributed by atoms with Gasteiger partial charge in [0.05, 0.1) is 0 Å². The molecule has 0 aliphatic rings. The van der Waals surface area contributed by atoms with Gasteiger partial charge in [0.2, 0.25) is 0 Å². The van der Waals surface area contributed by atoms with Crippen LogP contribution in [0.2, 0.25) is 0 Å². The first-order valence-corrected chi connectivity index (χ1v) is 7.28. The Balaban J connectivity index is -0.0000000600. The summed E-state index contributed by atoms with van der Waals surface area (Å²) in [7, 11) is 9.75. The zero-order valence-corrected chi connectivity index (χ0v) is 8.67. The molecule has 0 spiro atoms. The number of hydrogen-bond acceptors (Lipinski definition) is 2. The third kappa shape index (κ3) is 1020. The normalized spacial score (nSPS) is 5.33. The summed E-state index contributed by atoms with van der Waals surface area (Å²) in [5.74, 6) is 0. The molecule has 0 aromatic rings. The van der Waals surface area contributed by atoms with Gasteiger partial charge in [-0.3, -0.25) is 12.6 Å². The first-order valence-electron chi connectivity index (χ1n) is 1.65. The minimum absolute atomic E-state index is 0.472. The first kappa shape index (κ1) is 16.3. The van der Waals surface area contributed by atoms with Crippen LogP contribution in [0.4, 0.5) is 0 Å².